The Balaban J connectivity index is 1.97. The zero-order valence-corrected chi connectivity index (χ0v) is 6.74. The first-order valence-corrected chi connectivity index (χ1v) is 4.62. The molecule has 0 radical (unpaired) electrons. The highest BCUT2D eigenvalue weighted by Gasteiger charge is 2.37. The first-order valence-electron chi connectivity index (χ1n) is 4.62. The van der Waals surface area contributed by atoms with Crippen LogP contribution in [0.1, 0.15) is 32.1 Å². The van der Waals surface area contributed by atoms with Crippen molar-refractivity contribution in [3.63, 3.8) is 0 Å². The van der Waals surface area contributed by atoms with Crippen molar-refractivity contribution in [1.82, 2.24) is 0 Å². The average molecular weight is 156 g/mol. The van der Waals surface area contributed by atoms with Crippen LogP contribution in [-0.4, -0.2) is 22.4 Å². The molecule has 11 heavy (non-hydrogen) atoms. The van der Waals surface area contributed by atoms with Gasteiger partial charge in [-0.05, 0) is 43.9 Å². The largest absolute Gasteiger partial charge is 0.393 e. The van der Waals surface area contributed by atoms with Gasteiger partial charge in [0.15, 0.2) is 0 Å². The highest BCUT2D eigenvalue weighted by atomic mass is 16.3. The third-order valence-electron chi connectivity index (χ3n) is 3.26. The summed E-state index contributed by atoms with van der Waals surface area (Å²) in [6.07, 6.45) is 4.77. The highest BCUT2D eigenvalue weighted by Crippen LogP contribution is 2.42. The molecule has 0 spiro atoms. The minimum Gasteiger partial charge on any atom is -0.393 e. The lowest BCUT2D eigenvalue weighted by Gasteiger charge is -2.28. The quantitative estimate of drug-likeness (QED) is 0.547. The summed E-state index contributed by atoms with van der Waals surface area (Å²) in [7, 11) is 0. The molecule has 0 aliphatic heterocycles. The minimum atomic E-state index is -0.0819. The molecule has 64 valence electrons. The van der Waals surface area contributed by atoms with E-state index >= 15 is 0 Å². The van der Waals surface area contributed by atoms with Crippen molar-refractivity contribution in [3.05, 3.63) is 0 Å². The Morgan fingerprint density at radius 1 is 0.727 bits per heavy atom. The van der Waals surface area contributed by atoms with Gasteiger partial charge >= 0.3 is 0 Å². The van der Waals surface area contributed by atoms with Crippen LogP contribution in [0.4, 0.5) is 0 Å². The molecule has 2 rings (SSSR count). The molecule has 0 saturated heterocycles. The van der Waals surface area contributed by atoms with Gasteiger partial charge in [0, 0.05) is 0 Å². The van der Waals surface area contributed by atoms with Crippen molar-refractivity contribution in [3.8, 4) is 0 Å². The fourth-order valence-corrected chi connectivity index (χ4v) is 2.70. The summed E-state index contributed by atoms with van der Waals surface area (Å²) in [5.74, 6) is 1.34. The Kier molecular flexibility index (Phi) is 1.90. The van der Waals surface area contributed by atoms with Crippen LogP contribution in [0.2, 0.25) is 0 Å². The van der Waals surface area contributed by atoms with Crippen LogP contribution in [-0.2, 0) is 0 Å². The number of fused-ring (bicyclic) bond motifs is 1. The van der Waals surface area contributed by atoms with Crippen molar-refractivity contribution < 1.29 is 10.2 Å². The molecule has 4 atom stereocenters. The summed E-state index contributed by atoms with van der Waals surface area (Å²) < 4.78 is 0. The van der Waals surface area contributed by atoms with Crippen LogP contribution >= 0.6 is 0 Å². The molecular weight excluding hydrogens is 140 g/mol. The second-order valence-electron chi connectivity index (χ2n) is 4.11. The lowest BCUT2D eigenvalue weighted by molar-refractivity contribution is 0.0803. The summed E-state index contributed by atoms with van der Waals surface area (Å²) in [5.41, 5.74) is 0. The summed E-state index contributed by atoms with van der Waals surface area (Å²) in [4.78, 5) is 0. The SMILES string of the molecule is OC1CCC2CC(O)CC2C1. The molecule has 0 amide bonds. The normalized spacial score (nSPS) is 50.7. The molecule has 2 N–H and O–H groups in total. The maximum absolute atomic E-state index is 9.36. The molecule has 2 saturated carbocycles. The van der Waals surface area contributed by atoms with Gasteiger partial charge in [-0.2, -0.15) is 0 Å². The van der Waals surface area contributed by atoms with Crippen molar-refractivity contribution in [2.24, 2.45) is 11.8 Å². The number of aliphatic hydroxyl groups is 2. The van der Waals surface area contributed by atoms with Gasteiger partial charge in [0.25, 0.3) is 0 Å². The Morgan fingerprint density at radius 2 is 1.36 bits per heavy atom. The zero-order valence-electron chi connectivity index (χ0n) is 6.74. The fourth-order valence-electron chi connectivity index (χ4n) is 2.70. The summed E-state index contributed by atoms with van der Waals surface area (Å²) >= 11 is 0. The van der Waals surface area contributed by atoms with Gasteiger partial charge in [-0.3, -0.25) is 0 Å². The monoisotopic (exact) mass is 156 g/mol. The lowest BCUT2D eigenvalue weighted by atomic mass is 9.80. The van der Waals surface area contributed by atoms with Crippen molar-refractivity contribution >= 4 is 0 Å². The van der Waals surface area contributed by atoms with Crippen LogP contribution in [0.15, 0.2) is 0 Å². The topological polar surface area (TPSA) is 40.5 Å². The van der Waals surface area contributed by atoms with Gasteiger partial charge in [-0.1, -0.05) is 0 Å². The standard InChI is InChI=1S/C9H16O2/c10-8-2-1-6-3-9(11)5-7(6)4-8/h6-11H,1-5H2. The minimum absolute atomic E-state index is 0.0738. The highest BCUT2D eigenvalue weighted by molar-refractivity contribution is 4.88. The van der Waals surface area contributed by atoms with Crippen molar-refractivity contribution in [2.75, 3.05) is 0 Å². The molecule has 2 fully saturated rings. The van der Waals surface area contributed by atoms with E-state index in [1.807, 2.05) is 0 Å². The molecule has 0 aromatic carbocycles. The summed E-state index contributed by atoms with van der Waals surface area (Å²) in [6.45, 7) is 0. The first kappa shape index (κ1) is 7.56. The number of rotatable bonds is 0. The lowest BCUT2D eigenvalue weighted by Crippen LogP contribution is -2.23. The van der Waals surface area contributed by atoms with Crippen molar-refractivity contribution in [2.45, 2.75) is 44.3 Å². The molecule has 0 aromatic rings. The van der Waals surface area contributed by atoms with Crippen LogP contribution in [0.5, 0.6) is 0 Å². The molecule has 2 heteroatoms. The van der Waals surface area contributed by atoms with E-state index in [0.29, 0.717) is 11.8 Å². The predicted octanol–water partition coefficient (Wildman–Crippen LogP) is 0.918. The van der Waals surface area contributed by atoms with E-state index in [1.54, 1.807) is 0 Å². The smallest absolute Gasteiger partial charge is 0.0545 e. The van der Waals surface area contributed by atoms with E-state index in [-0.39, 0.29) is 12.2 Å². The van der Waals surface area contributed by atoms with Crippen LogP contribution in [0, 0.1) is 11.8 Å². The maximum atomic E-state index is 9.36. The molecule has 2 aliphatic carbocycles. The molecule has 0 bridgehead atoms. The van der Waals surface area contributed by atoms with Crippen molar-refractivity contribution in [1.29, 1.82) is 0 Å². The number of hydrogen-bond donors (Lipinski definition) is 2. The molecular formula is C9H16O2. The summed E-state index contributed by atoms with van der Waals surface area (Å²) in [6, 6.07) is 0. The van der Waals surface area contributed by atoms with Crippen LogP contribution in [0.25, 0.3) is 0 Å². The van der Waals surface area contributed by atoms with Gasteiger partial charge in [0.2, 0.25) is 0 Å². The van der Waals surface area contributed by atoms with Crippen LogP contribution < -0.4 is 0 Å². The van der Waals surface area contributed by atoms with E-state index in [0.717, 1.165) is 32.1 Å². The molecule has 4 unspecified atom stereocenters. The van der Waals surface area contributed by atoms with Gasteiger partial charge in [0.1, 0.15) is 0 Å². The predicted molar refractivity (Wildman–Crippen MR) is 42.1 cm³/mol. The molecule has 2 aliphatic rings. The van der Waals surface area contributed by atoms with Gasteiger partial charge in [-0.15, -0.1) is 0 Å². The Hall–Kier alpha value is -0.0800. The van der Waals surface area contributed by atoms with E-state index in [1.165, 1.54) is 0 Å². The average Bonchev–Trinajstić information content (AvgIpc) is 2.27. The Morgan fingerprint density at radius 3 is 2.18 bits per heavy atom. The molecule has 0 heterocycles. The van der Waals surface area contributed by atoms with E-state index in [2.05, 4.69) is 0 Å². The number of aliphatic hydroxyl groups excluding tert-OH is 2. The molecule has 0 aromatic heterocycles. The maximum Gasteiger partial charge on any atom is 0.0545 e. The van der Waals surface area contributed by atoms with Gasteiger partial charge in [-0.25, -0.2) is 0 Å². The third-order valence-corrected chi connectivity index (χ3v) is 3.26. The second-order valence-corrected chi connectivity index (χ2v) is 4.11. The fraction of sp³-hybridized carbons (Fsp3) is 1.00. The second kappa shape index (κ2) is 2.76. The van der Waals surface area contributed by atoms with Gasteiger partial charge < -0.3 is 10.2 Å². The number of hydrogen-bond acceptors (Lipinski definition) is 2. The Labute approximate surface area is 67.2 Å². The zero-order chi connectivity index (χ0) is 7.84. The van der Waals surface area contributed by atoms with Crippen LogP contribution in [0.3, 0.4) is 0 Å². The van der Waals surface area contributed by atoms with E-state index in [4.69, 9.17) is 0 Å². The molecule has 2 nitrogen and oxygen atoms in total. The third kappa shape index (κ3) is 1.42. The Bertz CT molecular complexity index is 146. The first-order chi connectivity index (χ1) is 5.25. The van der Waals surface area contributed by atoms with Gasteiger partial charge in [0.05, 0.1) is 12.2 Å². The van der Waals surface area contributed by atoms with E-state index < -0.39 is 0 Å². The summed E-state index contributed by atoms with van der Waals surface area (Å²) in [5, 5.41) is 18.7. The van der Waals surface area contributed by atoms with E-state index in [9.17, 15) is 10.2 Å².